The summed E-state index contributed by atoms with van der Waals surface area (Å²) in [7, 11) is 0. The van der Waals surface area contributed by atoms with Crippen molar-refractivity contribution in [2.24, 2.45) is 0 Å². The first-order chi connectivity index (χ1) is 14.9. The molecule has 6 nitrogen and oxygen atoms in total. The molecule has 0 atom stereocenters. The quantitative estimate of drug-likeness (QED) is 0.480. The number of carbonyl (C=O) groups is 1. The van der Waals surface area contributed by atoms with Gasteiger partial charge >= 0.3 is 5.69 Å². The first-order valence-electron chi connectivity index (χ1n) is 10.1. The summed E-state index contributed by atoms with van der Waals surface area (Å²) in [4.78, 5) is 41.4. The first-order valence-corrected chi connectivity index (χ1v) is 11.0. The average Bonchev–Trinajstić information content (AvgIpc) is 3.25. The SMILES string of the molecule is CCN(C(=O)Cn1c(=O)n(-c2ccc(C)c(C)c2)c(=O)c2sccc21)c1ccccc1. The Labute approximate surface area is 183 Å². The number of anilines is 1. The maximum Gasteiger partial charge on any atom is 0.336 e. The van der Waals surface area contributed by atoms with Crippen LogP contribution in [0.25, 0.3) is 15.9 Å². The van der Waals surface area contributed by atoms with Gasteiger partial charge in [-0.05, 0) is 67.6 Å². The van der Waals surface area contributed by atoms with Gasteiger partial charge < -0.3 is 4.90 Å². The van der Waals surface area contributed by atoms with Crippen molar-refractivity contribution in [2.75, 3.05) is 11.4 Å². The molecule has 1 amide bonds. The molecule has 0 aliphatic carbocycles. The van der Waals surface area contributed by atoms with Gasteiger partial charge in [-0.15, -0.1) is 11.3 Å². The van der Waals surface area contributed by atoms with Gasteiger partial charge in [-0.25, -0.2) is 9.36 Å². The van der Waals surface area contributed by atoms with Crippen LogP contribution in [0.5, 0.6) is 0 Å². The van der Waals surface area contributed by atoms with Crippen molar-refractivity contribution >= 4 is 33.1 Å². The van der Waals surface area contributed by atoms with Gasteiger partial charge in [0.25, 0.3) is 5.56 Å². The molecule has 0 N–H and O–H groups in total. The molecule has 2 heterocycles. The highest BCUT2D eigenvalue weighted by molar-refractivity contribution is 7.17. The number of amides is 1. The summed E-state index contributed by atoms with van der Waals surface area (Å²) in [6.07, 6.45) is 0. The normalized spacial score (nSPS) is 11.1. The Hall–Kier alpha value is -3.45. The second-order valence-corrected chi connectivity index (χ2v) is 8.30. The number of hydrogen-bond donors (Lipinski definition) is 0. The second-order valence-electron chi connectivity index (χ2n) is 7.39. The molecular formula is C24H23N3O3S. The van der Waals surface area contributed by atoms with Crippen LogP contribution in [0.1, 0.15) is 18.1 Å². The molecule has 0 aliphatic rings. The molecule has 0 saturated heterocycles. The monoisotopic (exact) mass is 433 g/mol. The summed E-state index contributed by atoms with van der Waals surface area (Å²) in [5.74, 6) is -0.214. The smallest absolute Gasteiger partial charge is 0.311 e. The Kier molecular flexibility index (Phi) is 5.61. The van der Waals surface area contributed by atoms with Gasteiger partial charge in [0.2, 0.25) is 5.91 Å². The van der Waals surface area contributed by atoms with Crippen molar-refractivity contribution in [1.82, 2.24) is 9.13 Å². The molecule has 0 radical (unpaired) electrons. The van der Waals surface area contributed by atoms with Gasteiger partial charge in [-0.1, -0.05) is 24.3 Å². The molecule has 31 heavy (non-hydrogen) atoms. The van der Waals surface area contributed by atoms with Gasteiger partial charge in [0.15, 0.2) is 0 Å². The number of thiophene rings is 1. The molecule has 4 aromatic rings. The van der Waals surface area contributed by atoms with Crippen molar-refractivity contribution in [1.29, 1.82) is 0 Å². The zero-order chi connectivity index (χ0) is 22.1. The lowest BCUT2D eigenvalue weighted by Crippen LogP contribution is -2.42. The highest BCUT2D eigenvalue weighted by Gasteiger charge is 2.20. The fourth-order valence-electron chi connectivity index (χ4n) is 3.66. The molecule has 0 saturated carbocycles. The molecule has 0 unspecified atom stereocenters. The first kappa shape index (κ1) is 20.8. The van der Waals surface area contributed by atoms with Crippen molar-refractivity contribution in [3.05, 3.63) is 91.9 Å². The van der Waals surface area contributed by atoms with Gasteiger partial charge in [0.05, 0.1) is 11.2 Å². The van der Waals surface area contributed by atoms with E-state index in [9.17, 15) is 14.4 Å². The number of likely N-dealkylation sites (N-methyl/N-ethyl adjacent to an activating group) is 1. The summed E-state index contributed by atoms with van der Waals surface area (Å²) in [5, 5.41) is 1.77. The molecule has 0 spiro atoms. The van der Waals surface area contributed by atoms with Crippen LogP contribution < -0.4 is 16.1 Å². The molecule has 0 aliphatic heterocycles. The summed E-state index contributed by atoms with van der Waals surface area (Å²) in [5.41, 5.74) is 2.94. The topological polar surface area (TPSA) is 64.3 Å². The van der Waals surface area contributed by atoms with E-state index in [2.05, 4.69) is 0 Å². The van der Waals surface area contributed by atoms with Crippen LogP contribution in [0.15, 0.2) is 69.6 Å². The third-order valence-electron chi connectivity index (χ3n) is 5.48. The van der Waals surface area contributed by atoms with Crippen molar-refractivity contribution < 1.29 is 4.79 Å². The zero-order valence-corrected chi connectivity index (χ0v) is 18.5. The summed E-state index contributed by atoms with van der Waals surface area (Å²) in [6.45, 7) is 6.13. The van der Waals surface area contributed by atoms with E-state index in [1.807, 2.05) is 63.2 Å². The highest BCUT2D eigenvalue weighted by atomic mass is 32.1. The number of aryl methyl sites for hydroxylation is 2. The average molecular weight is 434 g/mol. The van der Waals surface area contributed by atoms with E-state index in [1.54, 1.807) is 22.4 Å². The van der Waals surface area contributed by atoms with Crippen molar-refractivity contribution in [3.8, 4) is 5.69 Å². The molecular weight excluding hydrogens is 410 g/mol. The molecule has 158 valence electrons. The van der Waals surface area contributed by atoms with Crippen LogP contribution in [0, 0.1) is 13.8 Å². The fraction of sp³-hybridized carbons (Fsp3) is 0.208. The van der Waals surface area contributed by atoms with Crippen LogP contribution in [0.2, 0.25) is 0 Å². The van der Waals surface area contributed by atoms with Crippen LogP contribution in [0.3, 0.4) is 0 Å². The van der Waals surface area contributed by atoms with Gasteiger partial charge in [-0.3, -0.25) is 14.2 Å². The minimum absolute atomic E-state index is 0.153. The maximum absolute atomic E-state index is 13.4. The molecule has 0 bridgehead atoms. The molecule has 2 aromatic carbocycles. The third-order valence-corrected chi connectivity index (χ3v) is 6.37. The molecule has 7 heteroatoms. The lowest BCUT2D eigenvalue weighted by atomic mass is 10.1. The predicted molar refractivity (Wildman–Crippen MR) is 126 cm³/mol. The fourth-order valence-corrected chi connectivity index (χ4v) is 4.49. The van der Waals surface area contributed by atoms with Gasteiger partial charge in [0, 0.05) is 12.2 Å². The summed E-state index contributed by atoms with van der Waals surface area (Å²) < 4.78 is 3.02. The Morgan fingerprint density at radius 3 is 2.42 bits per heavy atom. The van der Waals surface area contributed by atoms with Crippen LogP contribution in [-0.2, 0) is 11.3 Å². The Bertz CT molecular complexity index is 1380. The molecule has 0 fully saturated rings. The highest BCUT2D eigenvalue weighted by Crippen LogP contribution is 2.19. The van der Waals surface area contributed by atoms with Gasteiger partial charge in [0.1, 0.15) is 11.2 Å². The standard InChI is InChI=1S/C24H23N3O3S/c1-4-25(18-8-6-5-7-9-18)21(28)15-26-20-12-13-31-22(20)23(29)27(24(26)30)19-11-10-16(2)17(3)14-19/h5-14H,4,15H2,1-3H3. The summed E-state index contributed by atoms with van der Waals surface area (Å²) >= 11 is 1.27. The Balaban J connectivity index is 1.86. The predicted octanol–water partition coefficient (Wildman–Crippen LogP) is 3.88. The van der Waals surface area contributed by atoms with E-state index in [4.69, 9.17) is 0 Å². The zero-order valence-electron chi connectivity index (χ0n) is 17.7. The van der Waals surface area contributed by atoms with E-state index < -0.39 is 5.69 Å². The van der Waals surface area contributed by atoms with Crippen LogP contribution in [0.4, 0.5) is 5.69 Å². The Morgan fingerprint density at radius 1 is 1.00 bits per heavy atom. The van der Waals surface area contributed by atoms with E-state index in [0.29, 0.717) is 22.4 Å². The van der Waals surface area contributed by atoms with Gasteiger partial charge in [-0.2, -0.15) is 0 Å². The number of benzene rings is 2. The second kappa shape index (κ2) is 8.35. The largest absolute Gasteiger partial charge is 0.336 e. The number of aromatic nitrogens is 2. The lowest BCUT2D eigenvalue weighted by molar-refractivity contribution is -0.119. The molecule has 2 aromatic heterocycles. The van der Waals surface area contributed by atoms with E-state index in [0.717, 1.165) is 21.4 Å². The van der Waals surface area contributed by atoms with Crippen LogP contribution in [-0.4, -0.2) is 21.6 Å². The van der Waals surface area contributed by atoms with Crippen molar-refractivity contribution in [3.63, 3.8) is 0 Å². The van der Waals surface area contributed by atoms with Crippen molar-refractivity contribution in [2.45, 2.75) is 27.3 Å². The summed E-state index contributed by atoms with van der Waals surface area (Å²) in [6, 6.07) is 16.5. The number of rotatable bonds is 5. The number of carbonyl (C=O) groups excluding carboxylic acids is 1. The van der Waals surface area contributed by atoms with E-state index in [1.165, 1.54) is 15.9 Å². The lowest BCUT2D eigenvalue weighted by Gasteiger charge is -2.22. The molecule has 4 rings (SSSR count). The minimum Gasteiger partial charge on any atom is -0.311 e. The van der Waals surface area contributed by atoms with E-state index in [-0.39, 0.29) is 18.0 Å². The Morgan fingerprint density at radius 2 is 1.74 bits per heavy atom. The third kappa shape index (κ3) is 3.72. The minimum atomic E-state index is -0.517. The van der Waals surface area contributed by atoms with E-state index >= 15 is 0 Å². The number of para-hydroxylation sites is 1. The maximum atomic E-state index is 13.4. The number of nitrogens with zero attached hydrogens (tertiary/aromatic N) is 3. The number of fused-ring (bicyclic) bond motifs is 1. The van der Waals surface area contributed by atoms with Crippen LogP contribution >= 0.6 is 11.3 Å². The number of hydrogen-bond acceptors (Lipinski definition) is 4.